The molecule has 0 radical (unpaired) electrons. The molecular weight excluding hydrogens is 467 g/mol. The minimum absolute atomic E-state index is 0.0207. The largest absolute Gasteiger partial charge is 0.495 e. The molecule has 0 amide bonds. The van der Waals surface area contributed by atoms with Crippen molar-refractivity contribution >= 4 is 46.0 Å². The van der Waals surface area contributed by atoms with Gasteiger partial charge in [0, 0.05) is 29.3 Å². The van der Waals surface area contributed by atoms with E-state index in [1.165, 1.54) is 21.3 Å². The number of hydrogen-bond acceptors (Lipinski definition) is 8. The molecule has 0 saturated heterocycles. The van der Waals surface area contributed by atoms with Crippen LogP contribution in [0.25, 0.3) is 22.0 Å². The van der Waals surface area contributed by atoms with E-state index in [1.54, 1.807) is 12.3 Å². The van der Waals surface area contributed by atoms with Crippen molar-refractivity contribution in [3.63, 3.8) is 0 Å². The lowest BCUT2D eigenvalue weighted by Gasteiger charge is -2.21. The molecule has 10 heteroatoms. The van der Waals surface area contributed by atoms with Gasteiger partial charge in [0.2, 0.25) is 5.95 Å². The Kier molecular flexibility index (Phi) is 6.52. The van der Waals surface area contributed by atoms with Gasteiger partial charge in [-0.05, 0) is 37.0 Å². The zero-order valence-corrected chi connectivity index (χ0v) is 20.0. The van der Waals surface area contributed by atoms with Crippen molar-refractivity contribution in [2.75, 3.05) is 26.6 Å². The summed E-state index contributed by atoms with van der Waals surface area (Å²) in [5.74, 6) is 0.991. The number of anilines is 1. The van der Waals surface area contributed by atoms with Gasteiger partial charge in [-0.2, -0.15) is 0 Å². The standard InChI is InChI=1S/C23H24Cl2N4O4/c1-31-16-9-17(32-2)20(25)18(19(16)24)12-4-5-15-13(8-12)11-27-22(29-15)28-14-6-7-23(26,10-14)21(30)33-3/h4-5,8-9,11,14H,6-7,10,26H2,1-3H3,(H,27,28,29). The average molecular weight is 491 g/mol. The highest BCUT2D eigenvalue weighted by atomic mass is 35.5. The maximum atomic E-state index is 11.9. The maximum Gasteiger partial charge on any atom is 0.325 e. The van der Waals surface area contributed by atoms with Gasteiger partial charge in [-0.1, -0.05) is 29.3 Å². The zero-order chi connectivity index (χ0) is 23.8. The second kappa shape index (κ2) is 9.21. The molecular formula is C23H24Cl2N4O4. The number of aromatic nitrogens is 2. The SMILES string of the molecule is COC(=O)C1(N)CCC(Nc2ncc3cc(-c4c(Cl)c(OC)cc(OC)c4Cl)ccc3n2)C1. The number of fused-ring (bicyclic) bond motifs is 1. The normalized spacial score (nSPS) is 20.0. The predicted molar refractivity (Wildman–Crippen MR) is 128 cm³/mol. The minimum atomic E-state index is -0.978. The predicted octanol–water partition coefficient (Wildman–Crippen LogP) is 4.46. The molecule has 1 aliphatic carbocycles. The number of carbonyl (C=O) groups excluding carboxylic acids is 1. The zero-order valence-electron chi connectivity index (χ0n) is 18.4. The molecule has 0 bridgehead atoms. The summed E-state index contributed by atoms with van der Waals surface area (Å²) in [7, 11) is 4.41. The van der Waals surface area contributed by atoms with Gasteiger partial charge < -0.3 is 25.3 Å². The van der Waals surface area contributed by atoms with Crippen LogP contribution in [0, 0.1) is 0 Å². The van der Waals surface area contributed by atoms with Gasteiger partial charge in [-0.15, -0.1) is 0 Å². The van der Waals surface area contributed by atoms with Crippen LogP contribution < -0.4 is 20.5 Å². The number of methoxy groups -OCH3 is 3. The fourth-order valence-corrected chi connectivity index (χ4v) is 4.89. The van der Waals surface area contributed by atoms with Crippen LogP contribution in [0.5, 0.6) is 11.5 Å². The van der Waals surface area contributed by atoms with E-state index >= 15 is 0 Å². The highest BCUT2D eigenvalue weighted by Crippen LogP contribution is 2.46. The molecule has 3 aromatic rings. The number of nitrogens with two attached hydrogens (primary N) is 1. The summed E-state index contributed by atoms with van der Waals surface area (Å²) in [5, 5.41) is 4.86. The van der Waals surface area contributed by atoms with Gasteiger partial charge in [-0.3, -0.25) is 4.79 Å². The van der Waals surface area contributed by atoms with Crippen LogP contribution in [-0.2, 0) is 9.53 Å². The number of esters is 1. The molecule has 174 valence electrons. The third-order valence-corrected chi connectivity index (χ3v) is 6.67. The van der Waals surface area contributed by atoms with Gasteiger partial charge in [-0.25, -0.2) is 9.97 Å². The van der Waals surface area contributed by atoms with Crippen LogP contribution in [0.15, 0.2) is 30.5 Å². The number of rotatable bonds is 6. The fraction of sp³-hybridized carbons (Fsp3) is 0.348. The Morgan fingerprint density at radius 3 is 2.48 bits per heavy atom. The number of hydrogen-bond donors (Lipinski definition) is 2. The van der Waals surface area contributed by atoms with E-state index in [-0.39, 0.29) is 6.04 Å². The fourth-order valence-electron chi connectivity index (χ4n) is 4.17. The molecule has 0 aliphatic heterocycles. The summed E-state index contributed by atoms with van der Waals surface area (Å²) in [6.07, 6.45) is 3.44. The van der Waals surface area contributed by atoms with Crippen molar-refractivity contribution < 1.29 is 19.0 Å². The molecule has 1 saturated carbocycles. The molecule has 1 aliphatic rings. The van der Waals surface area contributed by atoms with Gasteiger partial charge in [0.05, 0.1) is 36.9 Å². The lowest BCUT2D eigenvalue weighted by molar-refractivity contribution is -0.146. The first-order valence-electron chi connectivity index (χ1n) is 10.3. The Balaban J connectivity index is 1.62. The molecule has 3 N–H and O–H groups in total. The van der Waals surface area contributed by atoms with Gasteiger partial charge >= 0.3 is 5.97 Å². The molecule has 1 fully saturated rings. The van der Waals surface area contributed by atoms with E-state index in [2.05, 4.69) is 15.3 Å². The van der Waals surface area contributed by atoms with Crippen molar-refractivity contribution in [2.24, 2.45) is 5.73 Å². The van der Waals surface area contributed by atoms with Gasteiger partial charge in [0.15, 0.2) is 0 Å². The molecule has 33 heavy (non-hydrogen) atoms. The highest BCUT2D eigenvalue weighted by Gasteiger charge is 2.43. The third-order valence-electron chi connectivity index (χ3n) is 5.92. The molecule has 8 nitrogen and oxygen atoms in total. The summed E-state index contributed by atoms with van der Waals surface area (Å²) in [6.45, 7) is 0. The Bertz CT molecular complexity index is 1190. The summed E-state index contributed by atoms with van der Waals surface area (Å²) < 4.78 is 15.6. The smallest absolute Gasteiger partial charge is 0.325 e. The van der Waals surface area contributed by atoms with E-state index in [0.29, 0.717) is 45.9 Å². The van der Waals surface area contributed by atoms with E-state index in [4.69, 9.17) is 43.1 Å². The first kappa shape index (κ1) is 23.4. The number of nitrogens with zero attached hydrogens (tertiary/aromatic N) is 2. The number of carbonyl (C=O) groups is 1. The molecule has 4 rings (SSSR count). The van der Waals surface area contributed by atoms with Crippen LogP contribution >= 0.6 is 23.2 Å². The molecule has 1 heterocycles. The molecule has 2 aromatic carbocycles. The van der Waals surface area contributed by atoms with Crippen molar-refractivity contribution in [3.05, 3.63) is 40.5 Å². The quantitative estimate of drug-likeness (QED) is 0.487. The maximum absolute atomic E-state index is 11.9. The van der Waals surface area contributed by atoms with Crippen LogP contribution in [0.4, 0.5) is 5.95 Å². The van der Waals surface area contributed by atoms with Gasteiger partial charge in [0.1, 0.15) is 17.0 Å². The lowest BCUT2D eigenvalue weighted by Crippen LogP contribution is -2.47. The van der Waals surface area contributed by atoms with E-state index in [1.807, 2.05) is 18.2 Å². The number of benzene rings is 2. The van der Waals surface area contributed by atoms with Crippen molar-refractivity contribution in [3.8, 4) is 22.6 Å². The molecule has 1 aromatic heterocycles. The summed E-state index contributed by atoms with van der Waals surface area (Å²) in [4.78, 5) is 21.0. The Morgan fingerprint density at radius 2 is 1.85 bits per heavy atom. The molecule has 2 unspecified atom stereocenters. The second-order valence-electron chi connectivity index (χ2n) is 7.98. The Morgan fingerprint density at radius 1 is 1.15 bits per heavy atom. The summed E-state index contributed by atoms with van der Waals surface area (Å²) >= 11 is 13.1. The monoisotopic (exact) mass is 490 g/mol. The number of halogens is 2. The van der Waals surface area contributed by atoms with E-state index < -0.39 is 11.5 Å². The topological polar surface area (TPSA) is 109 Å². The first-order chi connectivity index (χ1) is 15.8. The lowest BCUT2D eigenvalue weighted by atomic mass is 9.99. The van der Waals surface area contributed by atoms with Crippen molar-refractivity contribution in [1.29, 1.82) is 0 Å². The van der Waals surface area contributed by atoms with Crippen LogP contribution in [0.1, 0.15) is 19.3 Å². The van der Waals surface area contributed by atoms with Crippen molar-refractivity contribution in [2.45, 2.75) is 30.8 Å². The van der Waals surface area contributed by atoms with E-state index in [9.17, 15) is 4.79 Å². The van der Waals surface area contributed by atoms with Gasteiger partial charge in [0.25, 0.3) is 0 Å². The Labute approximate surface area is 201 Å². The second-order valence-corrected chi connectivity index (χ2v) is 8.74. The van der Waals surface area contributed by atoms with Crippen molar-refractivity contribution in [1.82, 2.24) is 9.97 Å². The molecule has 2 atom stereocenters. The summed E-state index contributed by atoms with van der Waals surface area (Å²) in [5.41, 5.74) is 7.33. The number of ether oxygens (including phenoxy) is 3. The Hall–Kier alpha value is -2.81. The number of nitrogens with one attached hydrogen (secondary N) is 1. The summed E-state index contributed by atoms with van der Waals surface area (Å²) in [6, 6.07) is 7.28. The highest BCUT2D eigenvalue weighted by molar-refractivity contribution is 6.41. The minimum Gasteiger partial charge on any atom is -0.495 e. The third kappa shape index (κ3) is 4.38. The van der Waals surface area contributed by atoms with Crippen LogP contribution in [-0.4, -0.2) is 48.8 Å². The van der Waals surface area contributed by atoms with Crippen LogP contribution in [0.2, 0.25) is 10.0 Å². The van der Waals surface area contributed by atoms with E-state index in [0.717, 1.165) is 22.9 Å². The molecule has 0 spiro atoms. The average Bonchev–Trinajstić information content (AvgIpc) is 3.20. The first-order valence-corrected chi connectivity index (χ1v) is 11.1. The van der Waals surface area contributed by atoms with Crippen LogP contribution in [0.3, 0.4) is 0 Å².